The van der Waals surface area contributed by atoms with E-state index in [1.807, 2.05) is 12.1 Å². The van der Waals surface area contributed by atoms with E-state index in [0.29, 0.717) is 18.7 Å². The molecule has 0 spiro atoms. The highest BCUT2D eigenvalue weighted by molar-refractivity contribution is 5.94. The van der Waals surface area contributed by atoms with Gasteiger partial charge >= 0.3 is 0 Å². The number of carbonyl (C=O) groups excluding carboxylic acids is 1. The first-order valence-electron chi connectivity index (χ1n) is 6.28. The molecule has 5 heteroatoms. The summed E-state index contributed by atoms with van der Waals surface area (Å²) in [4.78, 5) is 11.9. The van der Waals surface area contributed by atoms with Crippen LogP contribution in [0.2, 0.25) is 0 Å². The summed E-state index contributed by atoms with van der Waals surface area (Å²) in [5, 5.41) is 9.35. The van der Waals surface area contributed by atoms with Gasteiger partial charge in [0, 0.05) is 23.9 Å². The van der Waals surface area contributed by atoms with E-state index in [4.69, 9.17) is 4.74 Å². The van der Waals surface area contributed by atoms with Crippen molar-refractivity contribution in [3.63, 3.8) is 0 Å². The van der Waals surface area contributed by atoms with Crippen LogP contribution in [-0.4, -0.2) is 22.7 Å². The minimum atomic E-state index is -0.108. The van der Waals surface area contributed by atoms with E-state index < -0.39 is 0 Å². The molecule has 0 aliphatic rings. The number of benzene rings is 1. The highest BCUT2D eigenvalue weighted by Crippen LogP contribution is 2.12. The lowest BCUT2D eigenvalue weighted by Crippen LogP contribution is -2.22. The molecule has 0 radical (unpaired) electrons. The molecule has 0 aliphatic heterocycles. The summed E-state index contributed by atoms with van der Waals surface area (Å²) in [6.45, 7) is 3.20. The summed E-state index contributed by atoms with van der Waals surface area (Å²) in [5.74, 6) is 0.677. The van der Waals surface area contributed by atoms with Gasteiger partial charge < -0.3 is 10.1 Å². The molecule has 0 bridgehead atoms. The van der Waals surface area contributed by atoms with E-state index in [1.54, 1.807) is 24.5 Å². The molecule has 1 heterocycles. The topological polar surface area (TPSA) is 67.0 Å². The highest BCUT2D eigenvalue weighted by Gasteiger charge is 2.05. The van der Waals surface area contributed by atoms with Crippen LogP contribution in [0.4, 0.5) is 0 Å². The normalized spacial score (nSPS) is 10.2. The van der Waals surface area contributed by atoms with E-state index in [9.17, 15) is 4.79 Å². The van der Waals surface area contributed by atoms with Gasteiger partial charge in [0.25, 0.3) is 5.91 Å². The number of amides is 1. The molecule has 1 aromatic heterocycles. The molecule has 5 nitrogen and oxygen atoms in total. The number of nitrogens with one attached hydrogen (secondary N) is 2. The number of aromatic amines is 1. The minimum Gasteiger partial charge on any atom is -0.494 e. The van der Waals surface area contributed by atoms with Crippen LogP contribution in [0, 0.1) is 0 Å². The van der Waals surface area contributed by atoms with Gasteiger partial charge in [0.1, 0.15) is 5.75 Å². The largest absolute Gasteiger partial charge is 0.494 e. The second-order valence-corrected chi connectivity index (χ2v) is 4.16. The van der Waals surface area contributed by atoms with E-state index in [0.717, 1.165) is 17.7 Å². The van der Waals surface area contributed by atoms with E-state index >= 15 is 0 Å². The Labute approximate surface area is 112 Å². The Bertz CT molecular complexity index is 506. The number of H-pyrrole nitrogens is 1. The van der Waals surface area contributed by atoms with Gasteiger partial charge in [-0.2, -0.15) is 5.10 Å². The predicted octanol–water partition coefficient (Wildman–Crippen LogP) is 2.13. The molecule has 19 heavy (non-hydrogen) atoms. The molecular weight excluding hydrogens is 242 g/mol. The lowest BCUT2D eigenvalue weighted by Gasteiger charge is -2.06. The molecule has 1 amide bonds. The Hall–Kier alpha value is -2.30. The first kappa shape index (κ1) is 13.1. The van der Waals surface area contributed by atoms with Crippen LogP contribution in [-0.2, 0) is 6.54 Å². The van der Waals surface area contributed by atoms with E-state index in [2.05, 4.69) is 22.4 Å². The fourth-order valence-electron chi connectivity index (χ4n) is 1.58. The van der Waals surface area contributed by atoms with Gasteiger partial charge in [-0.15, -0.1) is 0 Å². The lowest BCUT2D eigenvalue weighted by molar-refractivity contribution is 0.0951. The molecule has 2 rings (SSSR count). The SMILES string of the molecule is CCCOc1ccc(C(=O)NCc2cn[nH]c2)cc1. The third kappa shape index (κ3) is 3.84. The Morgan fingerprint density at radius 1 is 1.37 bits per heavy atom. The first-order valence-corrected chi connectivity index (χ1v) is 6.28. The third-order valence-corrected chi connectivity index (χ3v) is 2.60. The zero-order valence-electron chi connectivity index (χ0n) is 10.8. The molecule has 0 saturated carbocycles. The summed E-state index contributed by atoms with van der Waals surface area (Å²) in [5.41, 5.74) is 1.56. The van der Waals surface area contributed by atoms with Crippen molar-refractivity contribution in [2.75, 3.05) is 6.61 Å². The summed E-state index contributed by atoms with van der Waals surface area (Å²) >= 11 is 0. The van der Waals surface area contributed by atoms with Crippen molar-refractivity contribution in [2.45, 2.75) is 19.9 Å². The Morgan fingerprint density at radius 3 is 2.79 bits per heavy atom. The zero-order valence-corrected chi connectivity index (χ0v) is 10.8. The van der Waals surface area contributed by atoms with Crippen molar-refractivity contribution in [1.82, 2.24) is 15.5 Å². The van der Waals surface area contributed by atoms with Crippen molar-refractivity contribution in [1.29, 1.82) is 0 Å². The van der Waals surface area contributed by atoms with Gasteiger partial charge in [-0.05, 0) is 30.7 Å². The molecule has 2 aromatic rings. The van der Waals surface area contributed by atoms with Gasteiger partial charge in [-0.3, -0.25) is 9.89 Å². The second kappa shape index (κ2) is 6.58. The Morgan fingerprint density at radius 2 is 2.16 bits per heavy atom. The maximum atomic E-state index is 11.9. The Balaban J connectivity index is 1.88. The lowest BCUT2D eigenvalue weighted by atomic mass is 10.2. The van der Waals surface area contributed by atoms with Crippen LogP contribution in [0.1, 0.15) is 29.3 Å². The van der Waals surface area contributed by atoms with Gasteiger partial charge in [-0.1, -0.05) is 6.92 Å². The monoisotopic (exact) mass is 259 g/mol. The van der Waals surface area contributed by atoms with Gasteiger partial charge in [-0.25, -0.2) is 0 Å². The standard InChI is InChI=1S/C14H17N3O2/c1-2-7-19-13-5-3-12(4-6-13)14(18)15-8-11-9-16-17-10-11/h3-6,9-10H,2,7-8H2,1H3,(H,15,18)(H,16,17). The molecule has 0 saturated heterocycles. The van der Waals surface area contributed by atoms with Crippen LogP contribution in [0.5, 0.6) is 5.75 Å². The Kier molecular flexibility index (Phi) is 4.55. The van der Waals surface area contributed by atoms with Crippen LogP contribution in [0.15, 0.2) is 36.7 Å². The minimum absolute atomic E-state index is 0.108. The van der Waals surface area contributed by atoms with Crippen molar-refractivity contribution >= 4 is 5.91 Å². The van der Waals surface area contributed by atoms with Crippen LogP contribution >= 0.6 is 0 Å². The van der Waals surface area contributed by atoms with Gasteiger partial charge in [0.05, 0.1) is 12.8 Å². The predicted molar refractivity (Wildman–Crippen MR) is 72.0 cm³/mol. The number of carbonyl (C=O) groups is 1. The maximum Gasteiger partial charge on any atom is 0.251 e. The summed E-state index contributed by atoms with van der Waals surface area (Å²) < 4.78 is 5.46. The number of ether oxygens (including phenoxy) is 1. The van der Waals surface area contributed by atoms with Crippen LogP contribution < -0.4 is 10.1 Å². The molecular formula is C14H17N3O2. The molecule has 0 fully saturated rings. The molecule has 2 N–H and O–H groups in total. The van der Waals surface area contributed by atoms with Crippen LogP contribution in [0.3, 0.4) is 0 Å². The highest BCUT2D eigenvalue weighted by atomic mass is 16.5. The summed E-state index contributed by atoms with van der Waals surface area (Å²) in [6, 6.07) is 7.14. The van der Waals surface area contributed by atoms with Crippen molar-refractivity contribution in [2.24, 2.45) is 0 Å². The molecule has 1 aromatic carbocycles. The number of hydrogen-bond acceptors (Lipinski definition) is 3. The average Bonchev–Trinajstić information content (AvgIpc) is 2.96. The average molecular weight is 259 g/mol. The molecule has 0 aliphatic carbocycles. The van der Waals surface area contributed by atoms with E-state index in [1.165, 1.54) is 0 Å². The third-order valence-electron chi connectivity index (χ3n) is 2.60. The molecule has 0 unspecified atom stereocenters. The van der Waals surface area contributed by atoms with E-state index in [-0.39, 0.29) is 5.91 Å². The van der Waals surface area contributed by atoms with Gasteiger partial charge in [0.2, 0.25) is 0 Å². The zero-order chi connectivity index (χ0) is 13.5. The maximum absolute atomic E-state index is 11.9. The van der Waals surface area contributed by atoms with Crippen molar-refractivity contribution in [3.8, 4) is 5.75 Å². The number of hydrogen-bond donors (Lipinski definition) is 2. The van der Waals surface area contributed by atoms with Crippen LogP contribution in [0.25, 0.3) is 0 Å². The fourth-order valence-corrected chi connectivity index (χ4v) is 1.58. The smallest absolute Gasteiger partial charge is 0.251 e. The first-order chi connectivity index (χ1) is 9.29. The number of aromatic nitrogens is 2. The van der Waals surface area contributed by atoms with Crippen molar-refractivity contribution in [3.05, 3.63) is 47.8 Å². The molecule has 100 valence electrons. The quantitative estimate of drug-likeness (QED) is 0.835. The van der Waals surface area contributed by atoms with Crippen molar-refractivity contribution < 1.29 is 9.53 Å². The summed E-state index contributed by atoms with van der Waals surface area (Å²) in [6.07, 6.45) is 4.40. The molecule has 0 atom stereocenters. The number of rotatable bonds is 6. The second-order valence-electron chi connectivity index (χ2n) is 4.16. The summed E-state index contributed by atoms with van der Waals surface area (Å²) in [7, 11) is 0. The van der Waals surface area contributed by atoms with Gasteiger partial charge in [0.15, 0.2) is 0 Å². The number of nitrogens with zero attached hydrogens (tertiary/aromatic N) is 1. The fraction of sp³-hybridized carbons (Fsp3) is 0.286.